The first-order valence-corrected chi connectivity index (χ1v) is 11.4. The molecule has 32 heavy (non-hydrogen) atoms. The fourth-order valence-electron chi connectivity index (χ4n) is 3.78. The van der Waals surface area contributed by atoms with Gasteiger partial charge in [0.15, 0.2) is 5.96 Å². The number of guanidine groups is 1. The Kier molecular flexibility index (Phi) is 9.04. The summed E-state index contributed by atoms with van der Waals surface area (Å²) in [5, 5.41) is 6.99. The lowest BCUT2D eigenvalue weighted by Crippen LogP contribution is -2.44. The second-order valence-corrected chi connectivity index (χ2v) is 8.20. The highest BCUT2D eigenvalue weighted by atomic mass is 16.5. The highest BCUT2D eigenvalue weighted by Gasteiger charge is 2.25. The van der Waals surface area contributed by atoms with Gasteiger partial charge in [-0.2, -0.15) is 0 Å². The summed E-state index contributed by atoms with van der Waals surface area (Å²) in [5.41, 5.74) is 2.23. The summed E-state index contributed by atoms with van der Waals surface area (Å²) in [4.78, 5) is 9.33. The molecule has 174 valence electrons. The predicted octanol–water partition coefficient (Wildman–Crippen LogP) is 2.97. The lowest BCUT2D eigenvalue weighted by Gasteiger charge is -2.22. The molecule has 0 radical (unpaired) electrons. The molecule has 3 rings (SSSR count). The number of hydrogen-bond acceptors (Lipinski definition) is 5. The van der Waals surface area contributed by atoms with Gasteiger partial charge in [-0.25, -0.2) is 4.99 Å². The van der Waals surface area contributed by atoms with Crippen LogP contribution in [0.4, 0.5) is 5.69 Å². The molecular weight excluding hydrogens is 402 g/mol. The first kappa shape index (κ1) is 23.7. The summed E-state index contributed by atoms with van der Waals surface area (Å²) in [6.45, 7) is 6.91. The van der Waals surface area contributed by atoms with E-state index >= 15 is 0 Å². The van der Waals surface area contributed by atoms with Gasteiger partial charge in [0.2, 0.25) is 0 Å². The van der Waals surface area contributed by atoms with Crippen molar-refractivity contribution in [1.29, 1.82) is 0 Å². The van der Waals surface area contributed by atoms with Crippen LogP contribution in [0.2, 0.25) is 0 Å². The quantitative estimate of drug-likeness (QED) is 0.438. The van der Waals surface area contributed by atoms with Crippen molar-refractivity contribution in [3.05, 3.63) is 54.1 Å². The van der Waals surface area contributed by atoms with Gasteiger partial charge >= 0.3 is 0 Å². The number of methoxy groups -OCH3 is 1. The molecule has 2 aromatic rings. The second kappa shape index (κ2) is 12.2. The van der Waals surface area contributed by atoms with Crippen LogP contribution in [0.3, 0.4) is 0 Å². The van der Waals surface area contributed by atoms with E-state index in [1.54, 1.807) is 7.11 Å². The van der Waals surface area contributed by atoms with Gasteiger partial charge in [0.05, 0.1) is 19.3 Å². The molecule has 0 spiro atoms. The van der Waals surface area contributed by atoms with Gasteiger partial charge in [-0.15, -0.1) is 0 Å². The summed E-state index contributed by atoms with van der Waals surface area (Å²) < 4.78 is 11.5. The van der Waals surface area contributed by atoms with Gasteiger partial charge in [-0.05, 0) is 45.6 Å². The Hall–Kier alpha value is -2.93. The zero-order valence-corrected chi connectivity index (χ0v) is 19.8. The van der Waals surface area contributed by atoms with Crippen molar-refractivity contribution >= 4 is 11.6 Å². The van der Waals surface area contributed by atoms with E-state index in [4.69, 9.17) is 14.5 Å². The van der Waals surface area contributed by atoms with E-state index in [9.17, 15) is 0 Å². The number of rotatable bonds is 10. The molecule has 1 atom stereocenters. The number of nitrogens with one attached hydrogen (secondary N) is 2. The molecule has 0 amide bonds. The third-order valence-corrected chi connectivity index (χ3v) is 5.48. The van der Waals surface area contributed by atoms with Crippen LogP contribution >= 0.6 is 0 Å². The van der Waals surface area contributed by atoms with E-state index in [0.29, 0.717) is 19.2 Å². The van der Waals surface area contributed by atoms with Gasteiger partial charge < -0.3 is 29.9 Å². The Bertz CT molecular complexity index is 871. The molecule has 0 aliphatic carbocycles. The summed E-state index contributed by atoms with van der Waals surface area (Å²) in [6, 6.07) is 16.7. The zero-order chi connectivity index (χ0) is 22.8. The molecule has 1 unspecified atom stereocenters. The molecule has 0 bridgehead atoms. The van der Waals surface area contributed by atoms with Crippen molar-refractivity contribution in [3.63, 3.8) is 0 Å². The van der Waals surface area contributed by atoms with Crippen LogP contribution in [0.1, 0.15) is 18.9 Å². The van der Waals surface area contributed by atoms with Gasteiger partial charge in [-0.1, -0.05) is 30.3 Å². The van der Waals surface area contributed by atoms with Gasteiger partial charge in [0, 0.05) is 37.8 Å². The summed E-state index contributed by atoms with van der Waals surface area (Å²) in [7, 11) is 5.82. The molecule has 1 aliphatic rings. The summed E-state index contributed by atoms with van der Waals surface area (Å²) >= 11 is 0. The summed E-state index contributed by atoms with van der Waals surface area (Å²) in [5.74, 6) is 2.65. The van der Waals surface area contributed by atoms with Crippen molar-refractivity contribution in [2.45, 2.75) is 25.9 Å². The number of anilines is 1. The van der Waals surface area contributed by atoms with Crippen LogP contribution in [0.15, 0.2) is 53.5 Å². The smallest absolute Gasteiger partial charge is 0.191 e. The number of likely N-dealkylation sites (N-methyl/N-ethyl adjacent to an activating group) is 1. The molecule has 1 aliphatic heterocycles. The minimum atomic E-state index is 0.323. The molecule has 2 N–H and O–H groups in total. The minimum Gasteiger partial charge on any atom is -0.495 e. The fraction of sp³-hybridized carbons (Fsp3) is 0.480. The molecule has 7 heteroatoms. The maximum atomic E-state index is 5.99. The molecule has 0 saturated carbocycles. The maximum Gasteiger partial charge on any atom is 0.191 e. The second-order valence-electron chi connectivity index (χ2n) is 8.20. The van der Waals surface area contributed by atoms with E-state index in [-0.39, 0.29) is 0 Å². The number of nitrogens with zero attached hydrogens (tertiary/aromatic N) is 3. The Balaban J connectivity index is 1.61. The van der Waals surface area contributed by atoms with Crippen LogP contribution in [-0.2, 0) is 6.54 Å². The Morgan fingerprint density at radius 1 is 1.12 bits per heavy atom. The SMILES string of the molecule is CCNC(=NCc1ccccc1OCCN(C)C)NC1CCN(c2ccccc2OC)C1. The molecular formula is C25H37N5O2. The average Bonchev–Trinajstić information content (AvgIpc) is 3.26. The number of ether oxygens (including phenoxy) is 2. The number of aliphatic imine (C=N–C) groups is 1. The summed E-state index contributed by atoms with van der Waals surface area (Å²) in [6.07, 6.45) is 1.05. The first-order chi connectivity index (χ1) is 15.6. The predicted molar refractivity (Wildman–Crippen MR) is 132 cm³/mol. The molecule has 7 nitrogen and oxygen atoms in total. The highest BCUT2D eigenvalue weighted by molar-refractivity contribution is 5.80. The van der Waals surface area contributed by atoms with E-state index < -0.39 is 0 Å². The Morgan fingerprint density at radius 3 is 2.62 bits per heavy atom. The minimum absolute atomic E-state index is 0.323. The van der Waals surface area contributed by atoms with Crippen LogP contribution < -0.4 is 25.0 Å². The number of benzene rings is 2. The van der Waals surface area contributed by atoms with Crippen LogP contribution in [0.5, 0.6) is 11.5 Å². The maximum absolute atomic E-state index is 5.99. The standard InChI is InChI=1S/C25H37N5O2/c1-5-26-25(27-18-20-10-6-8-12-23(20)32-17-16-29(2)3)28-21-14-15-30(19-21)22-11-7-9-13-24(22)31-4/h6-13,21H,5,14-19H2,1-4H3,(H2,26,27,28). The average molecular weight is 440 g/mol. The first-order valence-electron chi connectivity index (χ1n) is 11.4. The van der Waals surface area contributed by atoms with Gasteiger partial charge in [0.1, 0.15) is 18.1 Å². The van der Waals surface area contributed by atoms with Crippen LogP contribution in [0, 0.1) is 0 Å². The third kappa shape index (κ3) is 6.79. The molecule has 1 heterocycles. The number of hydrogen-bond donors (Lipinski definition) is 2. The van der Waals surface area contributed by atoms with Crippen LogP contribution in [0.25, 0.3) is 0 Å². The number of para-hydroxylation sites is 3. The van der Waals surface area contributed by atoms with E-state index in [1.165, 1.54) is 0 Å². The Morgan fingerprint density at radius 2 is 1.88 bits per heavy atom. The van der Waals surface area contributed by atoms with Crippen molar-refractivity contribution in [2.24, 2.45) is 4.99 Å². The topological polar surface area (TPSA) is 61.4 Å². The van der Waals surface area contributed by atoms with Crippen molar-refractivity contribution in [3.8, 4) is 11.5 Å². The van der Waals surface area contributed by atoms with Gasteiger partial charge in [0.25, 0.3) is 0 Å². The van der Waals surface area contributed by atoms with Crippen LogP contribution in [-0.4, -0.2) is 70.9 Å². The van der Waals surface area contributed by atoms with Crippen molar-refractivity contribution in [2.75, 3.05) is 58.9 Å². The molecule has 0 aromatic heterocycles. The van der Waals surface area contributed by atoms with E-state index in [1.807, 2.05) is 44.4 Å². The van der Waals surface area contributed by atoms with Gasteiger partial charge in [-0.3, -0.25) is 0 Å². The van der Waals surface area contributed by atoms with Crippen molar-refractivity contribution in [1.82, 2.24) is 15.5 Å². The third-order valence-electron chi connectivity index (χ3n) is 5.48. The normalized spacial score (nSPS) is 16.3. The molecule has 1 fully saturated rings. The van der Waals surface area contributed by atoms with Crippen molar-refractivity contribution < 1.29 is 9.47 Å². The fourth-order valence-corrected chi connectivity index (χ4v) is 3.78. The molecule has 1 saturated heterocycles. The largest absolute Gasteiger partial charge is 0.495 e. The lowest BCUT2D eigenvalue weighted by molar-refractivity contribution is 0.259. The van der Waals surface area contributed by atoms with E-state index in [2.05, 4.69) is 45.6 Å². The molecule has 2 aromatic carbocycles. The highest BCUT2D eigenvalue weighted by Crippen LogP contribution is 2.30. The monoisotopic (exact) mass is 439 g/mol. The zero-order valence-electron chi connectivity index (χ0n) is 19.8. The Labute approximate surface area is 192 Å². The lowest BCUT2D eigenvalue weighted by atomic mass is 10.2. The van der Waals surface area contributed by atoms with E-state index in [0.717, 1.165) is 61.3 Å².